The number of halogens is 4. The van der Waals surface area contributed by atoms with Crippen LogP contribution >= 0.6 is 11.3 Å². The number of carbonyl (C=O) groups excluding carboxylic acids is 1. The summed E-state index contributed by atoms with van der Waals surface area (Å²) in [5.74, 6) is -3.09. The molecule has 0 radical (unpaired) electrons. The van der Waals surface area contributed by atoms with E-state index >= 15 is 0 Å². The number of anilines is 1. The van der Waals surface area contributed by atoms with E-state index in [0.717, 1.165) is 6.92 Å². The molecule has 3 aromatic heterocycles. The van der Waals surface area contributed by atoms with Crippen LogP contribution in [0.2, 0.25) is 0 Å². The molecule has 0 bridgehead atoms. The molecular weight excluding hydrogens is 360 g/mol. The Kier molecular flexibility index (Phi) is 4.46. The van der Waals surface area contributed by atoms with E-state index < -0.39 is 30.2 Å². The van der Waals surface area contributed by atoms with Crippen molar-refractivity contribution in [2.75, 3.05) is 5.32 Å². The highest BCUT2D eigenvalue weighted by Crippen LogP contribution is 2.32. The number of imidazole rings is 1. The normalized spacial score (nSPS) is 13.2. The molecule has 1 atom stereocenters. The molecular formula is C15H12F4N4OS. The SMILES string of the molecule is CC(CC(=O)Nc1nc2ccc(F)cn2c1-c1nccs1)C(F)(F)F. The number of carbonyl (C=O) groups is 1. The second kappa shape index (κ2) is 6.43. The van der Waals surface area contributed by atoms with Gasteiger partial charge >= 0.3 is 6.18 Å². The molecule has 0 fully saturated rings. The third kappa shape index (κ3) is 3.63. The molecule has 3 heterocycles. The second-order valence-corrected chi connectivity index (χ2v) is 6.31. The number of hydrogen-bond acceptors (Lipinski definition) is 4. The van der Waals surface area contributed by atoms with Crippen molar-refractivity contribution < 1.29 is 22.4 Å². The maximum Gasteiger partial charge on any atom is 0.392 e. The lowest BCUT2D eigenvalue weighted by molar-refractivity contribution is -0.173. The molecule has 1 amide bonds. The average molecular weight is 372 g/mol. The fraction of sp³-hybridized carbons (Fsp3) is 0.267. The van der Waals surface area contributed by atoms with Crippen molar-refractivity contribution in [3.63, 3.8) is 0 Å². The summed E-state index contributed by atoms with van der Waals surface area (Å²) < 4.78 is 52.8. The molecule has 0 spiro atoms. The maximum atomic E-state index is 13.6. The zero-order chi connectivity index (χ0) is 18.2. The maximum absolute atomic E-state index is 13.6. The van der Waals surface area contributed by atoms with Gasteiger partial charge in [-0.25, -0.2) is 14.4 Å². The number of nitrogens with one attached hydrogen (secondary N) is 1. The van der Waals surface area contributed by atoms with Crippen LogP contribution in [0.4, 0.5) is 23.4 Å². The molecule has 0 aliphatic carbocycles. The standard InChI is InChI=1S/C15H12F4N4OS/c1-8(15(17,18)19)6-11(24)22-13-12(14-20-4-5-25-14)23-7-9(16)2-3-10(23)21-13/h2-5,7-8H,6H2,1H3,(H,22,24). The van der Waals surface area contributed by atoms with E-state index in [1.807, 2.05) is 0 Å². The first-order chi connectivity index (χ1) is 11.8. The van der Waals surface area contributed by atoms with Crippen molar-refractivity contribution in [1.82, 2.24) is 14.4 Å². The molecule has 5 nitrogen and oxygen atoms in total. The highest BCUT2D eigenvalue weighted by atomic mass is 32.1. The number of rotatable bonds is 4. The number of amides is 1. The van der Waals surface area contributed by atoms with Crippen LogP contribution < -0.4 is 5.32 Å². The van der Waals surface area contributed by atoms with Gasteiger partial charge in [0, 0.05) is 24.2 Å². The Bertz CT molecular complexity index is 904. The van der Waals surface area contributed by atoms with Crippen LogP contribution in [0, 0.1) is 11.7 Å². The van der Waals surface area contributed by atoms with Gasteiger partial charge < -0.3 is 5.32 Å². The van der Waals surface area contributed by atoms with Crippen molar-refractivity contribution in [1.29, 1.82) is 0 Å². The summed E-state index contributed by atoms with van der Waals surface area (Å²) in [6.45, 7) is 0.931. The summed E-state index contributed by atoms with van der Waals surface area (Å²) in [7, 11) is 0. The van der Waals surface area contributed by atoms with Gasteiger partial charge in [0.1, 0.15) is 22.2 Å². The molecule has 132 valence electrons. The predicted molar refractivity (Wildman–Crippen MR) is 84.7 cm³/mol. The lowest BCUT2D eigenvalue weighted by Crippen LogP contribution is -2.25. The number of nitrogens with zero attached hydrogens (tertiary/aromatic N) is 3. The quantitative estimate of drug-likeness (QED) is 0.701. The molecule has 0 saturated heterocycles. The minimum Gasteiger partial charge on any atom is -0.309 e. The smallest absolute Gasteiger partial charge is 0.309 e. The minimum atomic E-state index is -4.46. The molecule has 3 aromatic rings. The minimum absolute atomic E-state index is 0.0416. The van der Waals surface area contributed by atoms with Crippen LogP contribution in [0.3, 0.4) is 0 Å². The third-order valence-electron chi connectivity index (χ3n) is 3.53. The first-order valence-electron chi connectivity index (χ1n) is 7.19. The Hall–Kier alpha value is -2.49. The highest BCUT2D eigenvalue weighted by molar-refractivity contribution is 7.13. The lowest BCUT2D eigenvalue weighted by atomic mass is 10.1. The van der Waals surface area contributed by atoms with Crippen molar-refractivity contribution >= 4 is 28.7 Å². The topological polar surface area (TPSA) is 59.3 Å². The number of thiazole rings is 1. The average Bonchev–Trinajstić information content (AvgIpc) is 3.12. The zero-order valence-electron chi connectivity index (χ0n) is 12.8. The summed E-state index contributed by atoms with van der Waals surface area (Å²) in [6, 6.07) is 2.60. The van der Waals surface area contributed by atoms with Gasteiger partial charge in [0.2, 0.25) is 5.91 Å². The number of pyridine rings is 1. The van der Waals surface area contributed by atoms with Gasteiger partial charge in [-0.15, -0.1) is 11.3 Å². The van der Waals surface area contributed by atoms with Gasteiger partial charge in [0.25, 0.3) is 0 Å². The number of aromatic nitrogens is 3. The Balaban J connectivity index is 1.96. The molecule has 0 aliphatic rings. The molecule has 1 N–H and O–H groups in total. The van der Waals surface area contributed by atoms with E-state index in [1.54, 1.807) is 5.38 Å². The summed E-state index contributed by atoms with van der Waals surface area (Å²) in [5.41, 5.74) is 0.656. The highest BCUT2D eigenvalue weighted by Gasteiger charge is 2.37. The van der Waals surface area contributed by atoms with Crippen LogP contribution in [0.1, 0.15) is 13.3 Å². The Labute approximate surface area is 143 Å². The second-order valence-electron chi connectivity index (χ2n) is 5.42. The summed E-state index contributed by atoms with van der Waals surface area (Å²) in [6.07, 6.45) is -2.50. The van der Waals surface area contributed by atoms with E-state index in [2.05, 4.69) is 15.3 Å². The first kappa shape index (κ1) is 17.3. The monoisotopic (exact) mass is 372 g/mol. The third-order valence-corrected chi connectivity index (χ3v) is 4.31. The van der Waals surface area contributed by atoms with Crippen LogP contribution in [-0.2, 0) is 4.79 Å². The van der Waals surface area contributed by atoms with Crippen LogP contribution in [-0.4, -0.2) is 26.5 Å². The van der Waals surface area contributed by atoms with Gasteiger partial charge in [0.15, 0.2) is 5.82 Å². The fourth-order valence-electron chi connectivity index (χ4n) is 2.23. The summed E-state index contributed by atoms with van der Waals surface area (Å²) >= 11 is 1.24. The van der Waals surface area contributed by atoms with E-state index in [9.17, 15) is 22.4 Å². The van der Waals surface area contributed by atoms with Crippen molar-refractivity contribution in [2.24, 2.45) is 5.92 Å². The molecule has 1 unspecified atom stereocenters. The van der Waals surface area contributed by atoms with E-state index in [4.69, 9.17) is 0 Å². The lowest BCUT2D eigenvalue weighted by Gasteiger charge is -2.14. The van der Waals surface area contributed by atoms with Gasteiger partial charge in [-0.1, -0.05) is 6.92 Å². The van der Waals surface area contributed by atoms with E-state index in [0.29, 0.717) is 16.3 Å². The molecule has 0 aliphatic heterocycles. The van der Waals surface area contributed by atoms with Crippen LogP contribution in [0.25, 0.3) is 16.3 Å². The van der Waals surface area contributed by atoms with Gasteiger partial charge in [-0.3, -0.25) is 9.20 Å². The van der Waals surface area contributed by atoms with Gasteiger partial charge in [-0.05, 0) is 12.1 Å². The van der Waals surface area contributed by atoms with E-state index in [1.165, 1.54) is 40.3 Å². The fourth-order valence-corrected chi connectivity index (χ4v) is 2.91. The number of alkyl halides is 3. The van der Waals surface area contributed by atoms with Crippen molar-refractivity contribution in [2.45, 2.75) is 19.5 Å². The van der Waals surface area contributed by atoms with Crippen molar-refractivity contribution in [3.05, 3.63) is 35.7 Å². The molecule has 3 rings (SSSR count). The molecule has 25 heavy (non-hydrogen) atoms. The first-order valence-corrected chi connectivity index (χ1v) is 8.07. The van der Waals surface area contributed by atoms with Gasteiger partial charge in [0.05, 0.1) is 5.92 Å². The van der Waals surface area contributed by atoms with Crippen LogP contribution in [0.15, 0.2) is 29.9 Å². The van der Waals surface area contributed by atoms with Crippen molar-refractivity contribution in [3.8, 4) is 10.7 Å². The molecule has 0 saturated carbocycles. The van der Waals surface area contributed by atoms with Gasteiger partial charge in [-0.2, -0.15) is 13.2 Å². The Morgan fingerprint density at radius 1 is 1.40 bits per heavy atom. The summed E-state index contributed by atoms with van der Waals surface area (Å²) in [5, 5.41) is 4.53. The largest absolute Gasteiger partial charge is 0.392 e. The van der Waals surface area contributed by atoms with E-state index in [-0.39, 0.29) is 5.82 Å². The molecule has 0 aromatic carbocycles. The number of fused-ring (bicyclic) bond motifs is 1. The zero-order valence-corrected chi connectivity index (χ0v) is 13.7. The molecule has 10 heteroatoms. The summed E-state index contributed by atoms with van der Waals surface area (Å²) in [4.78, 5) is 20.3. The van der Waals surface area contributed by atoms with Crippen LogP contribution in [0.5, 0.6) is 0 Å². The predicted octanol–water partition coefficient (Wildman–Crippen LogP) is 4.12. The Morgan fingerprint density at radius 3 is 2.80 bits per heavy atom. The Morgan fingerprint density at radius 2 is 2.16 bits per heavy atom. The number of hydrogen-bond donors (Lipinski definition) is 1.